The molecule has 0 aliphatic heterocycles. The molecular formula is C15H14N2O4. The number of carboxylic acids is 1. The van der Waals surface area contributed by atoms with Gasteiger partial charge in [0.05, 0.1) is 0 Å². The Labute approximate surface area is 120 Å². The number of nitrogens with zero attached hydrogens (tertiary/aromatic N) is 1. The number of aromatic nitrogens is 1. The van der Waals surface area contributed by atoms with Crippen molar-refractivity contribution in [1.29, 1.82) is 0 Å². The van der Waals surface area contributed by atoms with E-state index >= 15 is 0 Å². The largest absolute Gasteiger partial charge is 0.479 e. The lowest BCUT2D eigenvalue weighted by atomic mass is 10.1. The number of hydrogen-bond donors (Lipinski definition) is 2. The molecule has 1 aliphatic rings. The molecule has 0 saturated heterocycles. The van der Waals surface area contributed by atoms with Crippen LogP contribution in [0.25, 0.3) is 0 Å². The fourth-order valence-electron chi connectivity index (χ4n) is 2.09. The van der Waals surface area contributed by atoms with Crippen LogP contribution >= 0.6 is 0 Å². The van der Waals surface area contributed by atoms with E-state index in [0.717, 1.165) is 12.8 Å². The monoisotopic (exact) mass is 286 g/mol. The first-order valence-electron chi connectivity index (χ1n) is 6.70. The molecule has 1 fully saturated rings. The highest BCUT2D eigenvalue weighted by Crippen LogP contribution is 2.40. The maximum atomic E-state index is 12.1. The molecular weight excluding hydrogens is 272 g/mol. The lowest BCUT2D eigenvalue weighted by molar-refractivity contribution is -0.139. The molecule has 21 heavy (non-hydrogen) atoms. The maximum Gasteiger partial charge on any atom is 0.330 e. The summed E-state index contributed by atoms with van der Waals surface area (Å²) in [6.07, 6.45) is 2.08. The van der Waals surface area contributed by atoms with Crippen LogP contribution in [0.3, 0.4) is 0 Å². The quantitative estimate of drug-likeness (QED) is 0.878. The van der Waals surface area contributed by atoms with Crippen LogP contribution in [-0.2, 0) is 4.79 Å². The summed E-state index contributed by atoms with van der Waals surface area (Å²) < 4.78 is 5.10. The van der Waals surface area contributed by atoms with E-state index in [-0.39, 0.29) is 5.69 Å². The number of carbonyl (C=O) groups is 2. The predicted molar refractivity (Wildman–Crippen MR) is 72.8 cm³/mol. The Morgan fingerprint density at radius 3 is 2.62 bits per heavy atom. The topological polar surface area (TPSA) is 92.4 Å². The van der Waals surface area contributed by atoms with Gasteiger partial charge in [0.1, 0.15) is 5.76 Å². The number of rotatable bonds is 5. The van der Waals surface area contributed by atoms with E-state index in [0.29, 0.717) is 17.2 Å². The van der Waals surface area contributed by atoms with Gasteiger partial charge in [-0.3, -0.25) is 4.79 Å². The van der Waals surface area contributed by atoms with Crippen LogP contribution < -0.4 is 5.32 Å². The SMILES string of the molecule is O=C(N[C@@H](C(=O)O)c1ccccc1)c1cc(C2CC2)on1. The number of aliphatic carboxylic acids is 1. The van der Waals surface area contributed by atoms with Crippen LogP contribution in [0.5, 0.6) is 0 Å². The van der Waals surface area contributed by atoms with Crippen LogP contribution in [-0.4, -0.2) is 22.1 Å². The first kappa shape index (κ1) is 13.4. The highest BCUT2D eigenvalue weighted by Gasteiger charge is 2.30. The number of carboxylic acid groups (broad SMARTS) is 1. The van der Waals surface area contributed by atoms with Crippen LogP contribution in [0.2, 0.25) is 0 Å². The summed E-state index contributed by atoms with van der Waals surface area (Å²) in [7, 11) is 0. The molecule has 108 valence electrons. The van der Waals surface area contributed by atoms with E-state index in [2.05, 4.69) is 10.5 Å². The summed E-state index contributed by atoms with van der Waals surface area (Å²) in [5.74, 6) is -0.641. The molecule has 1 amide bonds. The van der Waals surface area contributed by atoms with E-state index in [9.17, 15) is 14.7 Å². The third kappa shape index (κ3) is 2.94. The predicted octanol–water partition coefficient (Wildman–Crippen LogP) is 2.11. The highest BCUT2D eigenvalue weighted by atomic mass is 16.5. The number of amides is 1. The maximum absolute atomic E-state index is 12.1. The van der Waals surface area contributed by atoms with Crippen LogP contribution in [0.4, 0.5) is 0 Å². The Morgan fingerprint density at radius 2 is 2.00 bits per heavy atom. The number of carbonyl (C=O) groups excluding carboxylic acids is 1. The Balaban J connectivity index is 1.75. The van der Waals surface area contributed by atoms with Gasteiger partial charge in [-0.15, -0.1) is 0 Å². The molecule has 0 spiro atoms. The van der Waals surface area contributed by atoms with Crippen molar-refractivity contribution in [1.82, 2.24) is 10.5 Å². The third-order valence-corrected chi connectivity index (χ3v) is 3.40. The van der Waals surface area contributed by atoms with E-state index < -0.39 is 17.9 Å². The summed E-state index contributed by atoms with van der Waals surface area (Å²) in [6.45, 7) is 0. The second-order valence-corrected chi connectivity index (χ2v) is 5.04. The summed E-state index contributed by atoms with van der Waals surface area (Å²) in [5.41, 5.74) is 0.614. The smallest absolute Gasteiger partial charge is 0.330 e. The molecule has 0 unspecified atom stereocenters. The fourth-order valence-corrected chi connectivity index (χ4v) is 2.09. The normalized spacial score (nSPS) is 15.4. The lowest BCUT2D eigenvalue weighted by Crippen LogP contribution is -2.33. The van der Waals surface area contributed by atoms with Gasteiger partial charge in [-0.2, -0.15) is 0 Å². The molecule has 1 aromatic carbocycles. The second kappa shape index (κ2) is 5.40. The van der Waals surface area contributed by atoms with E-state index in [1.807, 2.05) is 0 Å². The van der Waals surface area contributed by atoms with Gasteiger partial charge >= 0.3 is 5.97 Å². The van der Waals surface area contributed by atoms with Crippen LogP contribution in [0.15, 0.2) is 40.9 Å². The lowest BCUT2D eigenvalue weighted by Gasteiger charge is -2.13. The zero-order valence-corrected chi connectivity index (χ0v) is 11.2. The number of benzene rings is 1. The Kier molecular flexibility index (Phi) is 3.43. The Bertz CT molecular complexity index is 661. The Hall–Kier alpha value is -2.63. The van der Waals surface area contributed by atoms with Gasteiger partial charge in [0.15, 0.2) is 11.7 Å². The van der Waals surface area contributed by atoms with Gasteiger partial charge < -0.3 is 14.9 Å². The minimum Gasteiger partial charge on any atom is -0.479 e. The van der Waals surface area contributed by atoms with Gasteiger partial charge in [-0.25, -0.2) is 4.79 Å². The van der Waals surface area contributed by atoms with Crippen molar-refractivity contribution >= 4 is 11.9 Å². The van der Waals surface area contributed by atoms with Crippen molar-refractivity contribution in [2.45, 2.75) is 24.8 Å². The summed E-state index contributed by atoms with van der Waals surface area (Å²) in [4.78, 5) is 23.4. The first-order valence-corrected chi connectivity index (χ1v) is 6.70. The molecule has 0 radical (unpaired) electrons. The number of hydrogen-bond acceptors (Lipinski definition) is 4. The van der Waals surface area contributed by atoms with Gasteiger partial charge in [-0.1, -0.05) is 35.5 Å². The van der Waals surface area contributed by atoms with Crippen molar-refractivity contribution in [3.8, 4) is 0 Å². The van der Waals surface area contributed by atoms with Crippen molar-refractivity contribution in [2.24, 2.45) is 0 Å². The second-order valence-electron chi connectivity index (χ2n) is 5.04. The third-order valence-electron chi connectivity index (χ3n) is 3.40. The van der Waals surface area contributed by atoms with Crippen LogP contribution in [0, 0.1) is 0 Å². The first-order chi connectivity index (χ1) is 10.1. The van der Waals surface area contributed by atoms with Crippen molar-refractivity contribution in [3.05, 3.63) is 53.4 Å². The van der Waals surface area contributed by atoms with E-state index in [4.69, 9.17) is 4.52 Å². The molecule has 1 saturated carbocycles. The Morgan fingerprint density at radius 1 is 1.29 bits per heavy atom. The molecule has 2 N–H and O–H groups in total. The molecule has 2 aromatic rings. The molecule has 0 bridgehead atoms. The highest BCUT2D eigenvalue weighted by molar-refractivity contribution is 5.95. The molecule has 3 rings (SSSR count). The van der Waals surface area contributed by atoms with Crippen molar-refractivity contribution in [3.63, 3.8) is 0 Å². The summed E-state index contributed by atoms with van der Waals surface area (Å²) in [5, 5.41) is 15.4. The van der Waals surface area contributed by atoms with E-state index in [1.165, 1.54) is 0 Å². The minimum atomic E-state index is -1.12. The molecule has 1 heterocycles. The van der Waals surface area contributed by atoms with E-state index in [1.54, 1.807) is 36.4 Å². The average molecular weight is 286 g/mol. The van der Waals surface area contributed by atoms with Gasteiger partial charge in [-0.05, 0) is 18.4 Å². The van der Waals surface area contributed by atoms with Crippen molar-refractivity contribution in [2.75, 3.05) is 0 Å². The van der Waals surface area contributed by atoms with Gasteiger partial charge in [0.2, 0.25) is 0 Å². The summed E-state index contributed by atoms with van der Waals surface area (Å²) >= 11 is 0. The van der Waals surface area contributed by atoms with Crippen LogP contribution in [0.1, 0.15) is 46.6 Å². The molecule has 6 heteroatoms. The zero-order valence-electron chi connectivity index (χ0n) is 11.2. The molecule has 1 aliphatic carbocycles. The fraction of sp³-hybridized carbons (Fsp3) is 0.267. The minimum absolute atomic E-state index is 0.110. The molecule has 1 aromatic heterocycles. The standard InChI is InChI=1S/C15H14N2O4/c18-14(11-8-12(21-17-11)9-6-7-9)16-13(15(19)20)10-4-2-1-3-5-10/h1-5,8-9,13H,6-7H2,(H,16,18)(H,19,20)/t13-/m1/s1. The number of nitrogens with one attached hydrogen (secondary N) is 1. The molecule has 1 atom stereocenters. The van der Waals surface area contributed by atoms with Gasteiger partial charge in [0.25, 0.3) is 5.91 Å². The summed E-state index contributed by atoms with van der Waals surface area (Å²) in [6, 6.07) is 8.99. The van der Waals surface area contributed by atoms with Gasteiger partial charge in [0, 0.05) is 12.0 Å². The van der Waals surface area contributed by atoms with Crippen molar-refractivity contribution < 1.29 is 19.2 Å². The average Bonchev–Trinajstić information content (AvgIpc) is 3.22. The zero-order chi connectivity index (χ0) is 14.8. The molecule has 6 nitrogen and oxygen atoms in total.